The molecule has 0 saturated carbocycles. The van der Waals surface area contributed by atoms with Gasteiger partial charge in [-0.05, 0) is 17.2 Å². The molecule has 2 aromatic carbocycles. The van der Waals surface area contributed by atoms with Crippen molar-refractivity contribution in [3.05, 3.63) is 77.4 Å². The molecule has 0 aliphatic carbocycles. The second-order valence-corrected chi connectivity index (χ2v) is 7.15. The molecule has 30 heavy (non-hydrogen) atoms. The second kappa shape index (κ2) is 9.28. The summed E-state index contributed by atoms with van der Waals surface area (Å²) in [6.07, 6.45) is 0. The fourth-order valence-corrected chi connectivity index (χ4v) is 3.62. The van der Waals surface area contributed by atoms with E-state index in [1.807, 2.05) is 49.4 Å². The molecule has 158 valence electrons. The topological polar surface area (TPSA) is 88.4 Å². The second-order valence-electron chi connectivity index (χ2n) is 7.15. The maximum absolute atomic E-state index is 14.7. The van der Waals surface area contributed by atoms with Crippen LogP contribution in [0.15, 0.2) is 59.1 Å². The molecule has 1 fully saturated rings. The number of nitrogens with one attached hydrogen (secondary N) is 1. The molecule has 6 nitrogen and oxygen atoms in total. The lowest BCUT2D eigenvalue weighted by Crippen LogP contribution is -2.46. The van der Waals surface area contributed by atoms with E-state index in [9.17, 15) is 4.39 Å². The van der Waals surface area contributed by atoms with E-state index in [-0.39, 0.29) is 36.1 Å². The van der Waals surface area contributed by atoms with Crippen molar-refractivity contribution in [2.24, 2.45) is 5.73 Å². The fraction of sp³-hybridized carbons (Fsp3) is 0.273. The fourth-order valence-electron chi connectivity index (χ4n) is 3.62. The molecule has 0 bridgehead atoms. The van der Waals surface area contributed by atoms with Crippen LogP contribution in [0.1, 0.15) is 35.9 Å². The smallest absolute Gasteiger partial charge is 0.189 e. The summed E-state index contributed by atoms with van der Waals surface area (Å²) in [4.78, 5) is 1.73. The number of aromatic nitrogens is 1. The number of ether oxygens (including phenoxy) is 1. The van der Waals surface area contributed by atoms with Gasteiger partial charge in [-0.3, -0.25) is 5.41 Å². The van der Waals surface area contributed by atoms with Crippen molar-refractivity contribution in [2.75, 3.05) is 19.8 Å². The molecule has 8 heteroatoms. The maximum atomic E-state index is 14.7. The molecule has 0 spiro atoms. The number of nitrogens with zero attached hydrogens (tertiary/aromatic N) is 2. The van der Waals surface area contributed by atoms with Gasteiger partial charge in [0.05, 0.1) is 18.9 Å². The van der Waals surface area contributed by atoms with Crippen LogP contribution in [0.5, 0.6) is 0 Å². The minimum atomic E-state index is -0.285. The van der Waals surface area contributed by atoms with Crippen molar-refractivity contribution in [1.82, 2.24) is 10.1 Å². The van der Waals surface area contributed by atoms with Crippen LogP contribution in [0, 0.1) is 11.2 Å². The standard InChI is InChI=1S/C22H23FN4O2.ClH/c1-14(16-7-8-17(18(23)11-16)15-5-3-2-4-6-15)19-12-21(29-26-19)20-13-28-10-9-27(20)22(24)25;/h2-8,11-12,14,20H,9-10,13H2,1H3,(H3,24,25);1H/t14-,20?;/m0./s1. The number of hydrogen-bond donors (Lipinski definition) is 2. The zero-order valence-electron chi connectivity index (χ0n) is 16.5. The summed E-state index contributed by atoms with van der Waals surface area (Å²) < 4.78 is 25.8. The Kier molecular flexibility index (Phi) is 6.74. The molecule has 2 heterocycles. The number of rotatable bonds is 4. The molecule has 1 aromatic heterocycles. The van der Waals surface area contributed by atoms with Gasteiger partial charge in [-0.15, -0.1) is 12.4 Å². The number of hydrogen-bond acceptors (Lipinski definition) is 4. The molecular weight excluding hydrogens is 407 g/mol. The van der Waals surface area contributed by atoms with E-state index in [1.165, 1.54) is 0 Å². The molecule has 1 aliphatic rings. The highest BCUT2D eigenvalue weighted by atomic mass is 35.5. The van der Waals surface area contributed by atoms with E-state index in [1.54, 1.807) is 17.0 Å². The summed E-state index contributed by atoms with van der Waals surface area (Å²) in [5, 5.41) is 11.9. The summed E-state index contributed by atoms with van der Waals surface area (Å²) >= 11 is 0. The Morgan fingerprint density at radius 1 is 1.23 bits per heavy atom. The van der Waals surface area contributed by atoms with Crippen LogP contribution in [-0.4, -0.2) is 35.8 Å². The van der Waals surface area contributed by atoms with Gasteiger partial charge in [-0.25, -0.2) is 4.39 Å². The lowest BCUT2D eigenvalue weighted by Gasteiger charge is -2.34. The Balaban J connectivity index is 0.00000256. The lowest BCUT2D eigenvalue weighted by molar-refractivity contribution is 0.0150. The van der Waals surface area contributed by atoms with Gasteiger partial charge in [-0.2, -0.15) is 0 Å². The minimum Gasteiger partial charge on any atom is -0.377 e. The van der Waals surface area contributed by atoms with Crippen LogP contribution in [0.25, 0.3) is 11.1 Å². The van der Waals surface area contributed by atoms with Crippen LogP contribution >= 0.6 is 12.4 Å². The highest BCUT2D eigenvalue weighted by Gasteiger charge is 2.30. The Morgan fingerprint density at radius 2 is 2.00 bits per heavy atom. The Hall–Kier alpha value is -2.90. The molecule has 1 saturated heterocycles. The summed E-state index contributed by atoms with van der Waals surface area (Å²) in [5.74, 6) is 0.140. The van der Waals surface area contributed by atoms with Gasteiger partial charge < -0.3 is 19.9 Å². The van der Waals surface area contributed by atoms with Crippen molar-refractivity contribution >= 4 is 18.4 Å². The first-order valence-electron chi connectivity index (χ1n) is 9.54. The number of nitrogens with two attached hydrogens (primary N) is 1. The van der Waals surface area contributed by atoms with Crippen LogP contribution in [0.4, 0.5) is 4.39 Å². The van der Waals surface area contributed by atoms with E-state index in [0.717, 1.165) is 11.1 Å². The van der Waals surface area contributed by atoms with E-state index < -0.39 is 0 Å². The van der Waals surface area contributed by atoms with E-state index in [0.29, 0.717) is 36.8 Å². The average Bonchev–Trinajstić information content (AvgIpc) is 3.24. The third-order valence-electron chi connectivity index (χ3n) is 5.33. The van der Waals surface area contributed by atoms with Crippen LogP contribution in [0.2, 0.25) is 0 Å². The maximum Gasteiger partial charge on any atom is 0.189 e. The number of morpholine rings is 1. The summed E-state index contributed by atoms with van der Waals surface area (Å²) in [6, 6.07) is 16.3. The Bertz CT molecular complexity index is 1010. The van der Waals surface area contributed by atoms with Crippen molar-refractivity contribution in [2.45, 2.75) is 18.9 Å². The average molecular weight is 431 g/mol. The normalized spacial score (nSPS) is 17.3. The monoisotopic (exact) mass is 430 g/mol. The van der Waals surface area contributed by atoms with Gasteiger partial charge in [0.1, 0.15) is 11.9 Å². The molecule has 3 N–H and O–H groups in total. The number of benzene rings is 2. The third-order valence-corrected chi connectivity index (χ3v) is 5.33. The molecule has 2 atom stereocenters. The molecule has 3 aromatic rings. The first-order chi connectivity index (χ1) is 14.0. The summed E-state index contributed by atoms with van der Waals surface area (Å²) in [6.45, 7) is 3.37. The van der Waals surface area contributed by atoms with Crippen molar-refractivity contribution in [3.8, 4) is 11.1 Å². The Morgan fingerprint density at radius 3 is 2.70 bits per heavy atom. The molecule has 0 radical (unpaired) electrons. The van der Waals surface area contributed by atoms with Gasteiger partial charge in [0.2, 0.25) is 0 Å². The highest BCUT2D eigenvalue weighted by Crippen LogP contribution is 2.31. The minimum absolute atomic E-state index is 0. The largest absolute Gasteiger partial charge is 0.377 e. The predicted octanol–water partition coefficient (Wildman–Crippen LogP) is 4.32. The number of halogens is 2. The van der Waals surface area contributed by atoms with Gasteiger partial charge in [0, 0.05) is 24.1 Å². The third kappa shape index (κ3) is 4.32. The van der Waals surface area contributed by atoms with Gasteiger partial charge >= 0.3 is 0 Å². The highest BCUT2D eigenvalue weighted by molar-refractivity contribution is 5.85. The van der Waals surface area contributed by atoms with Crippen molar-refractivity contribution < 1.29 is 13.7 Å². The Labute approximate surface area is 180 Å². The first kappa shape index (κ1) is 21.8. The van der Waals surface area contributed by atoms with E-state index >= 15 is 0 Å². The first-order valence-corrected chi connectivity index (χ1v) is 9.54. The quantitative estimate of drug-likeness (QED) is 0.475. The SMILES string of the molecule is C[C@@H](c1ccc(-c2ccccc2)c(F)c1)c1cc(C2COCCN2C(=N)N)on1.Cl. The lowest BCUT2D eigenvalue weighted by atomic mass is 9.94. The summed E-state index contributed by atoms with van der Waals surface area (Å²) in [7, 11) is 0. The van der Waals surface area contributed by atoms with Gasteiger partial charge in [0.15, 0.2) is 11.7 Å². The number of guanidine groups is 1. The molecule has 4 rings (SSSR count). The molecule has 1 aliphatic heterocycles. The van der Waals surface area contributed by atoms with Crippen LogP contribution < -0.4 is 5.73 Å². The summed E-state index contributed by atoms with van der Waals surface area (Å²) in [5.41, 5.74) is 8.60. The molecular formula is C22H24ClFN4O2. The van der Waals surface area contributed by atoms with Gasteiger partial charge in [0.25, 0.3) is 0 Å². The van der Waals surface area contributed by atoms with Gasteiger partial charge in [-0.1, -0.05) is 54.5 Å². The van der Waals surface area contributed by atoms with E-state index in [2.05, 4.69) is 5.16 Å². The van der Waals surface area contributed by atoms with Crippen molar-refractivity contribution in [1.29, 1.82) is 5.41 Å². The molecule has 1 unspecified atom stereocenters. The zero-order chi connectivity index (χ0) is 20.4. The zero-order valence-corrected chi connectivity index (χ0v) is 17.4. The predicted molar refractivity (Wildman–Crippen MR) is 115 cm³/mol. The molecule has 0 amide bonds. The van der Waals surface area contributed by atoms with Crippen LogP contribution in [-0.2, 0) is 4.74 Å². The van der Waals surface area contributed by atoms with Crippen molar-refractivity contribution in [3.63, 3.8) is 0 Å². The van der Waals surface area contributed by atoms with Crippen LogP contribution in [0.3, 0.4) is 0 Å². The van der Waals surface area contributed by atoms with E-state index in [4.69, 9.17) is 20.4 Å².